The number of amides is 1. The fourth-order valence-electron chi connectivity index (χ4n) is 1.45. The average Bonchev–Trinajstić information content (AvgIpc) is 2.34. The molecule has 8 nitrogen and oxygen atoms in total. The zero-order valence-electron chi connectivity index (χ0n) is 10.0. The second-order valence-electron chi connectivity index (χ2n) is 3.63. The van der Waals surface area contributed by atoms with Crippen molar-refractivity contribution >= 4 is 17.6 Å². The van der Waals surface area contributed by atoms with Gasteiger partial charge < -0.3 is 15.6 Å². The van der Waals surface area contributed by atoms with Gasteiger partial charge in [0, 0.05) is 6.07 Å². The lowest BCUT2D eigenvalue weighted by atomic mass is 10.1. The fraction of sp³-hybridized carbons (Fsp3) is 0.273. The Balaban J connectivity index is 3.32. The van der Waals surface area contributed by atoms with Gasteiger partial charge in [0.15, 0.2) is 6.10 Å². The Kier molecular flexibility index (Phi) is 4.41. The second-order valence-corrected chi connectivity index (χ2v) is 3.63. The van der Waals surface area contributed by atoms with Gasteiger partial charge in [-0.1, -0.05) is 13.0 Å². The highest BCUT2D eigenvalue weighted by Gasteiger charge is 2.27. The van der Waals surface area contributed by atoms with E-state index in [1.165, 1.54) is 6.07 Å². The lowest BCUT2D eigenvalue weighted by Gasteiger charge is -2.15. The van der Waals surface area contributed by atoms with Gasteiger partial charge in [0.05, 0.1) is 4.92 Å². The van der Waals surface area contributed by atoms with Crippen LogP contribution in [-0.2, 0) is 4.79 Å². The minimum Gasteiger partial charge on any atom is -0.478 e. The maximum Gasteiger partial charge on any atom is 0.339 e. The van der Waals surface area contributed by atoms with E-state index >= 15 is 0 Å². The van der Waals surface area contributed by atoms with Crippen LogP contribution in [0.4, 0.5) is 5.69 Å². The van der Waals surface area contributed by atoms with Crippen LogP contribution in [0, 0.1) is 10.1 Å². The Morgan fingerprint density at radius 1 is 1.53 bits per heavy atom. The van der Waals surface area contributed by atoms with E-state index in [1.54, 1.807) is 6.92 Å². The van der Waals surface area contributed by atoms with Crippen LogP contribution in [0.25, 0.3) is 0 Å². The summed E-state index contributed by atoms with van der Waals surface area (Å²) in [5.41, 5.74) is 4.14. The first kappa shape index (κ1) is 14.4. The lowest BCUT2D eigenvalue weighted by Crippen LogP contribution is -2.33. The van der Waals surface area contributed by atoms with Crippen molar-refractivity contribution in [1.29, 1.82) is 0 Å². The molecule has 0 bridgehead atoms. The molecule has 0 aliphatic heterocycles. The Labute approximate surface area is 107 Å². The normalized spacial score (nSPS) is 11.6. The van der Waals surface area contributed by atoms with Crippen LogP contribution < -0.4 is 10.5 Å². The van der Waals surface area contributed by atoms with E-state index in [2.05, 4.69) is 0 Å². The molecule has 0 saturated carbocycles. The smallest absolute Gasteiger partial charge is 0.339 e. The summed E-state index contributed by atoms with van der Waals surface area (Å²) in [5, 5.41) is 19.8. The quantitative estimate of drug-likeness (QED) is 0.582. The second kappa shape index (κ2) is 5.80. The number of carbonyl (C=O) groups is 2. The van der Waals surface area contributed by atoms with E-state index in [1.807, 2.05) is 0 Å². The number of nitrogens with zero attached hydrogens (tertiary/aromatic N) is 1. The summed E-state index contributed by atoms with van der Waals surface area (Å²) in [6, 6.07) is 3.47. The summed E-state index contributed by atoms with van der Waals surface area (Å²) in [6.45, 7) is 1.59. The van der Waals surface area contributed by atoms with Gasteiger partial charge in [-0.15, -0.1) is 0 Å². The summed E-state index contributed by atoms with van der Waals surface area (Å²) in [7, 11) is 0. The van der Waals surface area contributed by atoms with E-state index < -0.39 is 39.9 Å². The maximum absolute atomic E-state index is 11.1. The molecule has 0 spiro atoms. The molecular formula is C11H12N2O6. The number of rotatable bonds is 6. The highest BCUT2D eigenvalue weighted by atomic mass is 16.6. The summed E-state index contributed by atoms with van der Waals surface area (Å²) >= 11 is 0. The molecule has 0 radical (unpaired) electrons. The van der Waals surface area contributed by atoms with Gasteiger partial charge in [0.1, 0.15) is 5.56 Å². The molecule has 1 aromatic carbocycles. The number of nitro groups is 1. The van der Waals surface area contributed by atoms with Crippen molar-refractivity contribution in [3.8, 4) is 5.75 Å². The number of para-hydroxylation sites is 1. The van der Waals surface area contributed by atoms with Gasteiger partial charge in [0.2, 0.25) is 5.75 Å². The Hall–Kier alpha value is -2.64. The lowest BCUT2D eigenvalue weighted by molar-refractivity contribution is -0.386. The van der Waals surface area contributed by atoms with E-state index in [0.29, 0.717) is 0 Å². The molecule has 0 heterocycles. The topological polar surface area (TPSA) is 133 Å². The average molecular weight is 268 g/mol. The Morgan fingerprint density at radius 2 is 2.16 bits per heavy atom. The van der Waals surface area contributed by atoms with Gasteiger partial charge in [-0.25, -0.2) is 4.79 Å². The van der Waals surface area contributed by atoms with Crippen LogP contribution in [0.15, 0.2) is 18.2 Å². The number of aromatic carboxylic acids is 1. The molecule has 0 saturated heterocycles. The number of hydrogen-bond acceptors (Lipinski definition) is 5. The van der Waals surface area contributed by atoms with Gasteiger partial charge in [-0.3, -0.25) is 14.9 Å². The molecule has 0 fully saturated rings. The number of carbonyl (C=O) groups excluding carboxylic acids is 1. The largest absolute Gasteiger partial charge is 0.478 e. The number of ether oxygens (including phenoxy) is 1. The minimum absolute atomic E-state index is 0.167. The van der Waals surface area contributed by atoms with Gasteiger partial charge in [-0.2, -0.15) is 0 Å². The first-order valence-corrected chi connectivity index (χ1v) is 5.35. The highest BCUT2D eigenvalue weighted by molar-refractivity contribution is 5.93. The van der Waals surface area contributed by atoms with Crippen molar-refractivity contribution in [3.05, 3.63) is 33.9 Å². The van der Waals surface area contributed by atoms with Crippen molar-refractivity contribution in [1.82, 2.24) is 0 Å². The first-order chi connectivity index (χ1) is 8.88. The first-order valence-electron chi connectivity index (χ1n) is 5.35. The number of benzene rings is 1. The number of hydrogen-bond donors (Lipinski definition) is 2. The van der Waals surface area contributed by atoms with E-state index in [0.717, 1.165) is 12.1 Å². The SMILES string of the molecule is CCC(Oc1c(C(=O)O)cccc1[N+](=O)[O-])C(N)=O. The third-order valence-electron chi connectivity index (χ3n) is 2.37. The predicted molar refractivity (Wildman–Crippen MR) is 64.0 cm³/mol. The molecule has 1 rings (SSSR count). The molecule has 3 N–H and O–H groups in total. The minimum atomic E-state index is -1.39. The summed E-state index contributed by atoms with van der Waals surface area (Å²) in [6.07, 6.45) is -0.959. The zero-order valence-corrected chi connectivity index (χ0v) is 10.0. The highest BCUT2D eigenvalue weighted by Crippen LogP contribution is 2.32. The molecule has 0 aliphatic rings. The third-order valence-corrected chi connectivity index (χ3v) is 2.37. The predicted octanol–water partition coefficient (Wildman–Crippen LogP) is 0.936. The van der Waals surface area contributed by atoms with Crippen molar-refractivity contribution in [2.24, 2.45) is 5.73 Å². The summed E-state index contributed by atoms with van der Waals surface area (Å²) < 4.78 is 5.11. The number of nitro benzene ring substituents is 1. The summed E-state index contributed by atoms with van der Waals surface area (Å²) in [5.74, 6) is -2.68. The molecule has 0 aromatic heterocycles. The molecule has 1 amide bonds. The Morgan fingerprint density at radius 3 is 2.58 bits per heavy atom. The van der Waals surface area contributed by atoms with Crippen molar-refractivity contribution in [3.63, 3.8) is 0 Å². The monoisotopic (exact) mass is 268 g/mol. The molecule has 19 heavy (non-hydrogen) atoms. The molecule has 1 unspecified atom stereocenters. The standard InChI is InChI=1S/C11H12N2O6/c1-2-8(10(12)14)19-9-6(11(15)16)4-3-5-7(9)13(17)18/h3-5,8H,2H2,1H3,(H2,12,14)(H,15,16). The van der Waals surface area contributed by atoms with Crippen LogP contribution in [-0.4, -0.2) is 28.0 Å². The van der Waals surface area contributed by atoms with Crippen molar-refractivity contribution < 1.29 is 24.4 Å². The Bertz CT molecular complexity index is 496. The van der Waals surface area contributed by atoms with Crippen LogP contribution in [0.5, 0.6) is 5.75 Å². The van der Waals surface area contributed by atoms with E-state index in [-0.39, 0.29) is 6.42 Å². The fourth-order valence-corrected chi connectivity index (χ4v) is 1.45. The van der Waals surface area contributed by atoms with Crippen LogP contribution in [0.3, 0.4) is 0 Å². The number of nitrogens with two attached hydrogens (primary N) is 1. The molecule has 1 atom stereocenters. The van der Waals surface area contributed by atoms with E-state index in [4.69, 9.17) is 15.6 Å². The molecule has 8 heteroatoms. The van der Waals surface area contributed by atoms with Gasteiger partial charge >= 0.3 is 11.7 Å². The molecule has 1 aromatic rings. The molecule has 102 valence electrons. The van der Waals surface area contributed by atoms with Crippen molar-refractivity contribution in [2.45, 2.75) is 19.4 Å². The third kappa shape index (κ3) is 3.18. The number of carboxylic acids is 1. The zero-order chi connectivity index (χ0) is 14.6. The summed E-state index contributed by atoms with van der Waals surface area (Å²) in [4.78, 5) is 32.2. The maximum atomic E-state index is 11.1. The van der Waals surface area contributed by atoms with Crippen molar-refractivity contribution in [2.75, 3.05) is 0 Å². The van der Waals surface area contributed by atoms with E-state index in [9.17, 15) is 19.7 Å². The van der Waals surface area contributed by atoms with Crippen LogP contribution >= 0.6 is 0 Å². The number of carboxylic acid groups (broad SMARTS) is 1. The molecular weight excluding hydrogens is 256 g/mol. The van der Waals surface area contributed by atoms with Gasteiger partial charge in [-0.05, 0) is 12.5 Å². The van der Waals surface area contributed by atoms with Crippen LogP contribution in [0.1, 0.15) is 23.7 Å². The number of primary amides is 1. The van der Waals surface area contributed by atoms with Crippen LogP contribution in [0.2, 0.25) is 0 Å². The van der Waals surface area contributed by atoms with Gasteiger partial charge in [0.25, 0.3) is 5.91 Å². The molecule has 0 aliphatic carbocycles.